The van der Waals surface area contributed by atoms with Crippen molar-refractivity contribution >= 4 is 53.2 Å². The Labute approximate surface area is 129 Å². The van der Waals surface area contributed by atoms with E-state index in [1.807, 2.05) is 6.92 Å². The molecule has 0 heterocycles. The molecule has 0 aromatic heterocycles. The average molecular weight is 390 g/mol. The second-order valence-corrected chi connectivity index (χ2v) is 7.66. The van der Waals surface area contributed by atoms with Gasteiger partial charge in [-0.25, -0.2) is 13.2 Å². The first-order valence-corrected chi connectivity index (χ1v) is 8.79. The normalized spacial score (nSPS) is 13.1. The highest BCUT2D eigenvalue weighted by Gasteiger charge is 2.23. The van der Waals surface area contributed by atoms with E-state index in [4.69, 9.17) is 27.0 Å². The van der Waals surface area contributed by atoms with Gasteiger partial charge >= 0.3 is 5.97 Å². The molecule has 0 radical (unpaired) electrons. The van der Waals surface area contributed by atoms with Crippen molar-refractivity contribution in [3.8, 4) is 0 Å². The number of esters is 1. The van der Waals surface area contributed by atoms with Crippen molar-refractivity contribution in [3.05, 3.63) is 27.2 Å². The summed E-state index contributed by atoms with van der Waals surface area (Å²) in [6.07, 6.45) is 0.344. The molecule has 1 rings (SSSR count). The molecule has 1 atom stereocenters. The Balaban J connectivity index is 3.30. The Morgan fingerprint density at radius 3 is 2.53 bits per heavy atom. The van der Waals surface area contributed by atoms with Gasteiger partial charge in [-0.2, -0.15) is 0 Å². The van der Waals surface area contributed by atoms with Gasteiger partial charge in [0.25, 0.3) is 9.05 Å². The Hall–Kier alpha value is -0.300. The van der Waals surface area contributed by atoms with Crippen molar-refractivity contribution in [1.82, 2.24) is 0 Å². The van der Waals surface area contributed by atoms with E-state index < -0.39 is 15.0 Å². The molecule has 1 aromatic rings. The molecule has 0 spiro atoms. The third-order valence-electron chi connectivity index (χ3n) is 2.37. The summed E-state index contributed by atoms with van der Waals surface area (Å²) in [5.41, 5.74) is -0.0458. The van der Waals surface area contributed by atoms with Crippen LogP contribution < -0.4 is 0 Å². The zero-order chi connectivity index (χ0) is 14.8. The van der Waals surface area contributed by atoms with Crippen molar-refractivity contribution < 1.29 is 17.9 Å². The number of carbonyl (C=O) groups is 1. The second-order valence-electron chi connectivity index (χ2n) is 3.83. The minimum atomic E-state index is -4.04. The molecule has 0 aliphatic rings. The molecule has 1 aromatic carbocycles. The van der Waals surface area contributed by atoms with Gasteiger partial charge in [-0.05, 0) is 25.5 Å². The minimum Gasteiger partial charge on any atom is -0.459 e. The molecule has 0 aliphatic carbocycles. The monoisotopic (exact) mass is 388 g/mol. The first-order valence-electron chi connectivity index (χ1n) is 5.31. The zero-order valence-corrected chi connectivity index (χ0v) is 14.0. The van der Waals surface area contributed by atoms with E-state index in [1.165, 1.54) is 12.1 Å². The van der Waals surface area contributed by atoms with Crippen molar-refractivity contribution in [1.29, 1.82) is 0 Å². The molecule has 0 N–H and O–H groups in total. The predicted octanol–water partition coefficient (Wildman–Crippen LogP) is 3.99. The van der Waals surface area contributed by atoms with Crippen LogP contribution in [0.5, 0.6) is 0 Å². The number of ether oxygens (including phenoxy) is 1. The first kappa shape index (κ1) is 16.8. The first-order chi connectivity index (χ1) is 8.66. The molecule has 4 nitrogen and oxygen atoms in total. The molecule has 0 aliphatic heterocycles. The van der Waals surface area contributed by atoms with Crippen LogP contribution in [0.15, 0.2) is 21.5 Å². The smallest absolute Gasteiger partial charge is 0.339 e. The van der Waals surface area contributed by atoms with Crippen molar-refractivity contribution in [3.63, 3.8) is 0 Å². The summed E-state index contributed by atoms with van der Waals surface area (Å²) >= 11 is 9.00. The van der Waals surface area contributed by atoms with Crippen LogP contribution in [0.2, 0.25) is 5.02 Å². The molecule has 106 valence electrons. The Morgan fingerprint density at radius 1 is 1.47 bits per heavy atom. The Bertz CT molecular complexity index is 601. The SMILES string of the molecule is CCC(C)OC(=O)c1cc(Br)cc(S(=O)(=O)Cl)c1Cl. The number of benzene rings is 1. The fourth-order valence-corrected chi connectivity index (χ4v) is 3.40. The second kappa shape index (κ2) is 6.43. The van der Waals surface area contributed by atoms with E-state index in [9.17, 15) is 13.2 Å². The lowest BCUT2D eigenvalue weighted by atomic mass is 10.2. The average Bonchev–Trinajstić information content (AvgIpc) is 2.29. The highest BCUT2D eigenvalue weighted by atomic mass is 79.9. The zero-order valence-electron chi connectivity index (χ0n) is 10.1. The molecular weight excluding hydrogens is 379 g/mol. The van der Waals surface area contributed by atoms with Crippen LogP contribution in [0.3, 0.4) is 0 Å². The van der Waals surface area contributed by atoms with Gasteiger partial charge in [0.15, 0.2) is 0 Å². The van der Waals surface area contributed by atoms with Crippen LogP contribution in [-0.2, 0) is 13.8 Å². The summed E-state index contributed by atoms with van der Waals surface area (Å²) in [6.45, 7) is 3.58. The summed E-state index contributed by atoms with van der Waals surface area (Å²) in [6, 6.07) is 2.61. The molecule has 0 amide bonds. The third-order valence-corrected chi connectivity index (χ3v) is 4.69. The largest absolute Gasteiger partial charge is 0.459 e. The highest BCUT2D eigenvalue weighted by molar-refractivity contribution is 9.10. The van der Waals surface area contributed by atoms with Crippen molar-refractivity contribution in [2.24, 2.45) is 0 Å². The standard InChI is InChI=1S/C11H11BrCl2O4S/c1-3-6(2)18-11(15)8-4-7(12)5-9(10(8)13)19(14,16)17/h4-6H,3H2,1-2H3. The quantitative estimate of drug-likeness (QED) is 0.577. The van der Waals surface area contributed by atoms with Gasteiger partial charge in [0.1, 0.15) is 4.90 Å². The number of carbonyl (C=O) groups excluding carboxylic acids is 1. The number of hydrogen-bond donors (Lipinski definition) is 0. The number of rotatable bonds is 4. The maximum atomic E-state index is 11.9. The highest BCUT2D eigenvalue weighted by Crippen LogP contribution is 2.32. The van der Waals surface area contributed by atoms with Crippen LogP contribution in [0, 0.1) is 0 Å². The molecule has 0 saturated carbocycles. The fraction of sp³-hybridized carbons (Fsp3) is 0.364. The maximum absolute atomic E-state index is 11.9. The van der Waals surface area contributed by atoms with Crippen LogP contribution in [-0.4, -0.2) is 20.5 Å². The van der Waals surface area contributed by atoms with Crippen LogP contribution in [0.4, 0.5) is 0 Å². The van der Waals surface area contributed by atoms with Gasteiger partial charge in [-0.15, -0.1) is 0 Å². The van der Waals surface area contributed by atoms with Gasteiger partial charge in [0, 0.05) is 15.2 Å². The van der Waals surface area contributed by atoms with Gasteiger partial charge in [0.05, 0.1) is 16.7 Å². The summed E-state index contributed by atoms with van der Waals surface area (Å²) in [4.78, 5) is 11.6. The molecular formula is C11H11BrCl2O4S. The molecule has 0 saturated heterocycles. The Kier molecular flexibility index (Phi) is 5.67. The molecule has 0 bridgehead atoms. The minimum absolute atomic E-state index is 0.0458. The van der Waals surface area contributed by atoms with E-state index in [0.29, 0.717) is 10.9 Å². The summed E-state index contributed by atoms with van der Waals surface area (Å²) in [7, 11) is 1.22. The van der Waals surface area contributed by atoms with Crippen LogP contribution in [0.25, 0.3) is 0 Å². The van der Waals surface area contributed by atoms with Crippen molar-refractivity contribution in [2.75, 3.05) is 0 Å². The van der Waals surface area contributed by atoms with Gasteiger partial charge in [-0.1, -0.05) is 34.5 Å². The van der Waals surface area contributed by atoms with E-state index in [0.717, 1.165) is 0 Å². The van der Waals surface area contributed by atoms with E-state index in [1.54, 1.807) is 6.92 Å². The van der Waals surface area contributed by atoms with E-state index in [2.05, 4.69) is 15.9 Å². The lowest BCUT2D eigenvalue weighted by Gasteiger charge is -2.13. The summed E-state index contributed by atoms with van der Waals surface area (Å²) < 4.78 is 28.2. The van der Waals surface area contributed by atoms with Gasteiger partial charge < -0.3 is 4.74 Å². The van der Waals surface area contributed by atoms with Gasteiger partial charge in [-0.3, -0.25) is 0 Å². The van der Waals surface area contributed by atoms with Gasteiger partial charge in [0.2, 0.25) is 0 Å². The van der Waals surface area contributed by atoms with Crippen molar-refractivity contribution in [2.45, 2.75) is 31.3 Å². The fourth-order valence-electron chi connectivity index (χ4n) is 1.22. The number of hydrogen-bond acceptors (Lipinski definition) is 4. The summed E-state index contributed by atoms with van der Waals surface area (Å²) in [5.74, 6) is -0.692. The molecule has 8 heteroatoms. The Morgan fingerprint density at radius 2 is 2.05 bits per heavy atom. The molecule has 1 unspecified atom stereocenters. The lowest BCUT2D eigenvalue weighted by molar-refractivity contribution is 0.0334. The van der Waals surface area contributed by atoms with Crippen LogP contribution in [0.1, 0.15) is 30.6 Å². The number of halogens is 3. The topological polar surface area (TPSA) is 60.4 Å². The van der Waals surface area contributed by atoms with E-state index in [-0.39, 0.29) is 21.6 Å². The predicted molar refractivity (Wildman–Crippen MR) is 77.4 cm³/mol. The van der Waals surface area contributed by atoms with E-state index >= 15 is 0 Å². The summed E-state index contributed by atoms with van der Waals surface area (Å²) in [5, 5.41) is -0.244. The third kappa shape index (κ3) is 4.34. The molecule has 19 heavy (non-hydrogen) atoms. The van der Waals surface area contributed by atoms with Crippen LogP contribution >= 0.6 is 38.2 Å². The molecule has 0 fully saturated rings. The lowest BCUT2D eigenvalue weighted by Crippen LogP contribution is -2.15. The maximum Gasteiger partial charge on any atom is 0.339 e.